The minimum absolute atomic E-state index is 0.0437. The number of ether oxygens (including phenoxy) is 5. The molecular weight excluding hydrogens is 1000 g/mol. The Labute approximate surface area is 480 Å². The number of unbranched alkanes of at least 4 members (excludes halogenated alkanes) is 18. The van der Waals surface area contributed by atoms with E-state index in [-0.39, 0.29) is 24.2 Å². The molecule has 1 aliphatic carbocycles. The summed E-state index contributed by atoms with van der Waals surface area (Å²) in [5.74, 6) is -0.553. The van der Waals surface area contributed by atoms with Crippen LogP contribution in [0.15, 0.2) is 146 Å². The fourth-order valence-corrected chi connectivity index (χ4v) is 11.1. The van der Waals surface area contributed by atoms with Crippen LogP contribution in [-0.4, -0.2) is 72.0 Å². The third-order valence-corrected chi connectivity index (χ3v) is 15.8. The maximum absolute atomic E-state index is 13.9. The van der Waals surface area contributed by atoms with Crippen LogP contribution in [0.1, 0.15) is 182 Å². The zero-order valence-corrected chi connectivity index (χ0v) is 48.4. The van der Waals surface area contributed by atoms with Gasteiger partial charge in [0.15, 0.2) is 0 Å². The first-order valence-electron chi connectivity index (χ1n) is 31.0. The maximum atomic E-state index is 13.9. The van der Waals surface area contributed by atoms with Crippen molar-refractivity contribution in [3.63, 3.8) is 0 Å². The molecule has 5 aromatic carbocycles. The van der Waals surface area contributed by atoms with Crippen molar-refractivity contribution in [2.24, 2.45) is 5.92 Å². The van der Waals surface area contributed by atoms with Crippen molar-refractivity contribution in [1.82, 2.24) is 5.32 Å². The van der Waals surface area contributed by atoms with Crippen LogP contribution in [0.2, 0.25) is 0 Å². The molecular formula is C70H98FNO8. The van der Waals surface area contributed by atoms with E-state index in [9.17, 15) is 19.4 Å². The molecule has 5 aromatic rings. The Morgan fingerprint density at radius 2 is 0.938 bits per heavy atom. The molecule has 1 aliphatic rings. The quantitative estimate of drug-likeness (QED) is 0.0331. The van der Waals surface area contributed by atoms with Gasteiger partial charge in [0.2, 0.25) is 5.91 Å². The van der Waals surface area contributed by atoms with Gasteiger partial charge in [-0.3, -0.25) is 4.79 Å². The van der Waals surface area contributed by atoms with Gasteiger partial charge in [0.05, 0.1) is 64.0 Å². The van der Waals surface area contributed by atoms with Crippen LogP contribution in [0.4, 0.5) is 4.39 Å². The van der Waals surface area contributed by atoms with E-state index in [1.807, 2.05) is 97.1 Å². The van der Waals surface area contributed by atoms with Gasteiger partial charge in [0, 0.05) is 12.3 Å². The van der Waals surface area contributed by atoms with Crippen molar-refractivity contribution in [3.8, 4) is 0 Å². The second-order valence-electron chi connectivity index (χ2n) is 22.5. The zero-order chi connectivity index (χ0) is 56.1. The van der Waals surface area contributed by atoms with Gasteiger partial charge >= 0.3 is 0 Å². The normalized spacial score (nSPS) is 18.4. The predicted octanol–water partition coefficient (Wildman–Crippen LogP) is 15.6. The van der Waals surface area contributed by atoms with Gasteiger partial charge in [-0.25, -0.2) is 4.39 Å². The van der Waals surface area contributed by atoms with Crippen LogP contribution in [-0.2, 0) is 61.3 Å². The topological polar surface area (TPSA) is 116 Å². The minimum Gasteiger partial charge on any atom is -0.390 e. The van der Waals surface area contributed by atoms with Gasteiger partial charge in [-0.2, -0.15) is 0 Å². The molecule has 0 bridgehead atoms. The molecule has 3 N–H and O–H groups in total. The molecule has 0 heterocycles. The summed E-state index contributed by atoms with van der Waals surface area (Å²) in [5.41, 5.74) is 5.30. The lowest BCUT2D eigenvalue weighted by Crippen LogP contribution is -2.59. The number of amides is 1. The first-order chi connectivity index (χ1) is 39.4. The van der Waals surface area contributed by atoms with E-state index in [0.29, 0.717) is 52.3 Å². The number of nitrogens with one attached hydrogen (secondary N) is 1. The summed E-state index contributed by atoms with van der Waals surface area (Å²) in [5, 5.41) is 26.9. The predicted molar refractivity (Wildman–Crippen MR) is 320 cm³/mol. The molecule has 9 nitrogen and oxygen atoms in total. The average molecular weight is 1100 g/mol. The van der Waals surface area contributed by atoms with Crippen molar-refractivity contribution >= 4 is 5.91 Å². The summed E-state index contributed by atoms with van der Waals surface area (Å²) in [6.07, 6.45) is 20.5. The summed E-state index contributed by atoms with van der Waals surface area (Å²) in [7, 11) is 0. The van der Waals surface area contributed by atoms with E-state index in [1.165, 1.54) is 75.5 Å². The SMILES string of the molecule is CCCCCCCCCCCCCC[C@@H](O)[C@@H](O)[C@H](CO[C@H]1C[C@H](COCc2ccccc2)[C@H](OCc2ccccc2)[C@H](OCc2ccccc2)[C@H]1OCc1ccccc1)NC(=O)CCCCCCCCCCc1ccc(F)cc1. The van der Waals surface area contributed by atoms with Crippen LogP contribution in [0.5, 0.6) is 0 Å². The maximum Gasteiger partial charge on any atom is 0.220 e. The smallest absolute Gasteiger partial charge is 0.220 e. The van der Waals surface area contributed by atoms with Gasteiger partial charge in [0.1, 0.15) is 24.1 Å². The number of halogens is 1. The molecule has 438 valence electrons. The van der Waals surface area contributed by atoms with E-state index in [2.05, 4.69) is 48.6 Å². The second kappa shape index (κ2) is 39.6. The summed E-state index contributed by atoms with van der Waals surface area (Å²) >= 11 is 0. The zero-order valence-electron chi connectivity index (χ0n) is 48.4. The van der Waals surface area contributed by atoms with Gasteiger partial charge in [-0.05, 0) is 72.1 Å². The number of aliphatic hydroxyl groups is 2. The van der Waals surface area contributed by atoms with Gasteiger partial charge in [0.25, 0.3) is 0 Å². The number of hydrogen-bond donors (Lipinski definition) is 3. The van der Waals surface area contributed by atoms with Crippen LogP contribution in [0, 0.1) is 11.7 Å². The molecule has 0 aromatic heterocycles. The van der Waals surface area contributed by atoms with Crippen LogP contribution >= 0.6 is 0 Å². The largest absolute Gasteiger partial charge is 0.390 e. The molecule has 0 saturated heterocycles. The van der Waals surface area contributed by atoms with Crippen molar-refractivity contribution in [3.05, 3.63) is 179 Å². The highest BCUT2D eigenvalue weighted by Gasteiger charge is 2.48. The standard InChI is InChI=1S/C70H98FNO8/c1-2-3-4-5-6-7-8-9-10-14-17-32-43-64(73)67(75)63(72-66(74)44-33-18-15-12-11-13-16-23-34-56-45-47-62(71)48-46-56)55-77-65-49-61(54-76-50-57-35-24-19-25-36-57)68(78-51-58-37-26-20-27-38-58)70(80-53-60-41-30-22-31-42-60)69(65)79-52-59-39-28-21-29-40-59/h19-22,24-31,35-42,45-48,61,63-65,67-70,73,75H,2-18,23,32-34,43-44,49-55H2,1H3,(H,72,74)/t61-,63+,64-,65+,67+,68+,69+,70+/m1/s1. The molecule has 0 radical (unpaired) electrons. The number of carbonyl (C=O) groups excluding carboxylic acids is 1. The lowest BCUT2D eigenvalue weighted by Gasteiger charge is -2.46. The lowest BCUT2D eigenvalue weighted by molar-refractivity contribution is -0.235. The Bertz CT molecular complexity index is 2290. The summed E-state index contributed by atoms with van der Waals surface area (Å²) < 4.78 is 47.9. The molecule has 1 saturated carbocycles. The molecule has 1 amide bonds. The third-order valence-electron chi connectivity index (χ3n) is 15.8. The minimum atomic E-state index is -1.25. The third kappa shape index (κ3) is 25.6. The first-order valence-corrected chi connectivity index (χ1v) is 31.0. The molecule has 8 atom stereocenters. The Morgan fingerprint density at radius 3 is 1.45 bits per heavy atom. The number of carbonyl (C=O) groups is 1. The number of aliphatic hydroxyl groups excluding tert-OH is 2. The first kappa shape index (κ1) is 64.4. The number of aryl methyl sites for hydroxylation is 1. The molecule has 1 fully saturated rings. The van der Waals surface area contributed by atoms with Gasteiger partial charge < -0.3 is 39.2 Å². The molecule has 6 rings (SSSR count). The number of rotatable bonds is 43. The lowest BCUT2D eigenvalue weighted by atomic mass is 9.80. The molecule has 0 unspecified atom stereocenters. The number of benzene rings is 5. The van der Waals surface area contributed by atoms with Crippen LogP contribution < -0.4 is 5.32 Å². The van der Waals surface area contributed by atoms with Crippen molar-refractivity contribution in [2.45, 2.75) is 230 Å². The van der Waals surface area contributed by atoms with Crippen molar-refractivity contribution in [1.29, 1.82) is 0 Å². The Kier molecular flexibility index (Phi) is 31.9. The molecule has 80 heavy (non-hydrogen) atoms. The van der Waals surface area contributed by atoms with E-state index < -0.39 is 42.7 Å². The van der Waals surface area contributed by atoms with E-state index in [0.717, 1.165) is 99.3 Å². The van der Waals surface area contributed by atoms with Crippen molar-refractivity contribution < 1.29 is 43.1 Å². The highest BCUT2D eigenvalue weighted by molar-refractivity contribution is 5.76. The molecule has 0 spiro atoms. The second-order valence-corrected chi connectivity index (χ2v) is 22.5. The Morgan fingerprint density at radius 1 is 0.500 bits per heavy atom. The summed E-state index contributed by atoms with van der Waals surface area (Å²) in [4.78, 5) is 13.9. The highest BCUT2D eigenvalue weighted by Crippen LogP contribution is 2.36. The molecule has 0 aliphatic heterocycles. The van der Waals surface area contributed by atoms with Gasteiger partial charge in [-0.1, -0.05) is 256 Å². The van der Waals surface area contributed by atoms with Crippen molar-refractivity contribution in [2.75, 3.05) is 13.2 Å². The van der Waals surface area contributed by atoms with E-state index in [1.54, 1.807) is 0 Å². The van der Waals surface area contributed by atoms with Crippen LogP contribution in [0.25, 0.3) is 0 Å². The highest BCUT2D eigenvalue weighted by atomic mass is 19.1. The Balaban J connectivity index is 1.14. The monoisotopic (exact) mass is 1100 g/mol. The summed E-state index contributed by atoms with van der Waals surface area (Å²) in [6.45, 7) is 3.98. The fraction of sp³-hybridized carbons (Fsp3) is 0.557. The van der Waals surface area contributed by atoms with E-state index >= 15 is 0 Å². The number of hydrogen-bond acceptors (Lipinski definition) is 8. The average Bonchev–Trinajstić information content (AvgIpc) is 3.49. The van der Waals surface area contributed by atoms with E-state index in [4.69, 9.17) is 23.7 Å². The summed E-state index contributed by atoms with van der Waals surface area (Å²) in [6, 6.07) is 46.4. The fourth-order valence-electron chi connectivity index (χ4n) is 11.1. The Hall–Kier alpha value is -4.78. The van der Waals surface area contributed by atoms with Crippen LogP contribution in [0.3, 0.4) is 0 Å². The molecule has 10 heteroatoms. The van der Waals surface area contributed by atoms with Gasteiger partial charge in [-0.15, -0.1) is 0 Å².